The maximum absolute atomic E-state index is 5.47. The van der Waals surface area contributed by atoms with Gasteiger partial charge in [-0.25, -0.2) is 4.98 Å². The van der Waals surface area contributed by atoms with Crippen LogP contribution in [0.25, 0.3) is 0 Å². The molecular formula is C13H21N3O. The minimum Gasteiger partial charge on any atom is -0.381 e. The molecule has 3 rings (SSSR count). The number of nitrogens with zero attached hydrogens (tertiary/aromatic N) is 2. The normalized spacial score (nSPS) is 26.3. The van der Waals surface area contributed by atoms with Gasteiger partial charge >= 0.3 is 0 Å². The van der Waals surface area contributed by atoms with Gasteiger partial charge in [0, 0.05) is 37.4 Å². The second kappa shape index (κ2) is 4.78. The lowest BCUT2D eigenvalue weighted by atomic mass is 10.0. The molecule has 1 N–H and O–H groups in total. The van der Waals surface area contributed by atoms with Crippen molar-refractivity contribution in [3.63, 3.8) is 0 Å². The first-order valence-electron chi connectivity index (χ1n) is 6.66. The first kappa shape index (κ1) is 11.2. The molecule has 0 spiro atoms. The summed E-state index contributed by atoms with van der Waals surface area (Å²) >= 11 is 0. The summed E-state index contributed by atoms with van der Waals surface area (Å²) in [6.45, 7) is 5.04. The summed E-state index contributed by atoms with van der Waals surface area (Å²) in [7, 11) is 0. The molecule has 2 fully saturated rings. The largest absolute Gasteiger partial charge is 0.381 e. The van der Waals surface area contributed by atoms with Crippen molar-refractivity contribution in [2.45, 2.75) is 44.8 Å². The summed E-state index contributed by atoms with van der Waals surface area (Å²) < 4.78 is 7.79. The van der Waals surface area contributed by atoms with Crippen LogP contribution in [0.15, 0.2) is 12.5 Å². The Morgan fingerprint density at radius 3 is 3.12 bits per heavy atom. The van der Waals surface area contributed by atoms with Crippen LogP contribution < -0.4 is 5.32 Å². The van der Waals surface area contributed by atoms with Crippen LogP contribution in [0.4, 0.5) is 0 Å². The molecule has 0 bridgehead atoms. The topological polar surface area (TPSA) is 39.1 Å². The standard InChI is InChI=1S/C13H21N3O/c1-10(11-4-5-17-8-11)16-9-14-6-13(16)7-15-12-2-3-12/h6,9-12,15H,2-5,7-8H2,1H3. The van der Waals surface area contributed by atoms with Crippen molar-refractivity contribution in [2.75, 3.05) is 13.2 Å². The molecule has 4 heteroatoms. The van der Waals surface area contributed by atoms with Crippen molar-refractivity contribution in [1.82, 2.24) is 14.9 Å². The van der Waals surface area contributed by atoms with Crippen molar-refractivity contribution < 1.29 is 4.74 Å². The lowest BCUT2D eigenvalue weighted by molar-refractivity contribution is 0.174. The van der Waals surface area contributed by atoms with Crippen LogP contribution in [0.1, 0.15) is 37.9 Å². The molecule has 1 aromatic heterocycles. The van der Waals surface area contributed by atoms with Gasteiger partial charge in [-0.05, 0) is 26.2 Å². The molecule has 4 nitrogen and oxygen atoms in total. The van der Waals surface area contributed by atoms with E-state index in [0.29, 0.717) is 12.0 Å². The van der Waals surface area contributed by atoms with E-state index in [1.165, 1.54) is 25.0 Å². The molecule has 1 saturated carbocycles. The van der Waals surface area contributed by atoms with Crippen LogP contribution >= 0.6 is 0 Å². The molecule has 0 amide bonds. The molecule has 17 heavy (non-hydrogen) atoms. The summed E-state index contributed by atoms with van der Waals surface area (Å²) in [5.41, 5.74) is 1.30. The van der Waals surface area contributed by atoms with E-state index in [-0.39, 0.29) is 0 Å². The Labute approximate surface area is 102 Å². The molecule has 94 valence electrons. The van der Waals surface area contributed by atoms with Gasteiger partial charge in [0.2, 0.25) is 0 Å². The molecule has 2 atom stereocenters. The zero-order chi connectivity index (χ0) is 11.7. The maximum Gasteiger partial charge on any atom is 0.0951 e. The van der Waals surface area contributed by atoms with Crippen molar-refractivity contribution in [2.24, 2.45) is 5.92 Å². The van der Waals surface area contributed by atoms with Crippen molar-refractivity contribution >= 4 is 0 Å². The van der Waals surface area contributed by atoms with E-state index >= 15 is 0 Å². The van der Waals surface area contributed by atoms with Gasteiger partial charge in [-0.3, -0.25) is 0 Å². The number of nitrogens with one attached hydrogen (secondary N) is 1. The summed E-state index contributed by atoms with van der Waals surface area (Å²) in [6.07, 6.45) is 7.80. The second-order valence-corrected chi connectivity index (χ2v) is 5.31. The minimum absolute atomic E-state index is 0.496. The fraction of sp³-hybridized carbons (Fsp3) is 0.769. The van der Waals surface area contributed by atoms with E-state index in [1.807, 2.05) is 12.5 Å². The molecule has 2 aliphatic rings. The van der Waals surface area contributed by atoms with E-state index in [1.54, 1.807) is 0 Å². The van der Waals surface area contributed by atoms with Crippen molar-refractivity contribution in [1.29, 1.82) is 0 Å². The molecule has 2 heterocycles. The first-order valence-corrected chi connectivity index (χ1v) is 6.66. The van der Waals surface area contributed by atoms with E-state index in [0.717, 1.165) is 25.8 Å². The Morgan fingerprint density at radius 2 is 2.41 bits per heavy atom. The van der Waals surface area contributed by atoms with Crippen LogP contribution in [-0.4, -0.2) is 28.8 Å². The third kappa shape index (κ3) is 2.53. The number of rotatable bonds is 5. The monoisotopic (exact) mass is 235 g/mol. The van der Waals surface area contributed by atoms with Gasteiger partial charge in [0.1, 0.15) is 0 Å². The van der Waals surface area contributed by atoms with Gasteiger partial charge in [-0.15, -0.1) is 0 Å². The SMILES string of the molecule is CC(C1CCOC1)n1cncc1CNC1CC1. The fourth-order valence-electron chi connectivity index (χ4n) is 2.53. The predicted octanol–water partition coefficient (Wildman–Crippen LogP) is 1.73. The Morgan fingerprint density at radius 1 is 1.53 bits per heavy atom. The summed E-state index contributed by atoms with van der Waals surface area (Å²) in [6, 6.07) is 1.25. The van der Waals surface area contributed by atoms with E-state index in [9.17, 15) is 0 Å². The van der Waals surface area contributed by atoms with Gasteiger partial charge in [-0.1, -0.05) is 0 Å². The molecule has 1 aliphatic heterocycles. The highest BCUT2D eigenvalue weighted by Gasteiger charge is 2.25. The highest BCUT2D eigenvalue weighted by Crippen LogP contribution is 2.27. The fourth-order valence-corrected chi connectivity index (χ4v) is 2.53. The number of hydrogen-bond donors (Lipinski definition) is 1. The van der Waals surface area contributed by atoms with Crippen LogP contribution in [0, 0.1) is 5.92 Å². The average molecular weight is 235 g/mol. The number of ether oxygens (including phenoxy) is 1. The minimum atomic E-state index is 0.496. The summed E-state index contributed by atoms with van der Waals surface area (Å²) in [5, 5.41) is 3.55. The lowest BCUT2D eigenvalue weighted by Gasteiger charge is -2.21. The van der Waals surface area contributed by atoms with Gasteiger partial charge in [-0.2, -0.15) is 0 Å². The Bertz CT molecular complexity index is 366. The third-order valence-corrected chi connectivity index (χ3v) is 3.98. The zero-order valence-electron chi connectivity index (χ0n) is 10.4. The van der Waals surface area contributed by atoms with Crippen LogP contribution in [0.2, 0.25) is 0 Å². The summed E-state index contributed by atoms with van der Waals surface area (Å²) in [5.74, 6) is 0.642. The highest BCUT2D eigenvalue weighted by molar-refractivity contribution is 5.02. The molecule has 2 unspecified atom stereocenters. The highest BCUT2D eigenvalue weighted by atomic mass is 16.5. The van der Waals surface area contributed by atoms with Gasteiger partial charge < -0.3 is 14.6 Å². The molecule has 0 aromatic carbocycles. The number of aromatic nitrogens is 2. The van der Waals surface area contributed by atoms with Crippen LogP contribution in [0.5, 0.6) is 0 Å². The number of hydrogen-bond acceptors (Lipinski definition) is 3. The summed E-state index contributed by atoms with van der Waals surface area (Å²) in [4.78, 5) is 4.30. The average Bonchev–Trinajstić information content (AvgIpc) is 2.86. The van der Waals surface area contributed by atoms with Crippen molar-refractivity contribution in [3.05, 3.63) is 18.2 Å². The quantitative estimate of drug-likeness (QED) is 0.845. The predicted molar refractivity (Wildman–Crippen MR) is 65.7 cm³/mol. The maximum atomic E-state index is 5.47. The van der Waals surface area contributed by atoms with Gasteiger partial charge in [0.05, 0.1) is 18.6 Å². The smallest absolute Gasteiger partial charge is 0.0951 e. The Hall–Kier alpha value is -0.870. The van der Waals surface area contributed by atoms with Crippen molar-refractivity contribution in [3.8, 4) is 0 Å². The molecule has 1 aliphatic carbocycles. The van der Waals surface area contributed by atoms with Crippen LogP contribution in [0.3, 0.4) is 0 Å². The molecule has 1 aromatic rings. The van der Waals surface area contributed by atoms with E-state index in [4.69, 9.17) is 4.74 Å². The van der Waals surface area contributed by atoms with Crippen LogP contribution in [-0.2, 0) is 11.3 Å². The molecule has 0 radical (unpaired) electrons. The zero-order valence-corrected chi connectivity index (χ0v) is 10.4. The van der Waals surface area contributed by atoms with E-state index in [2.05, 4.69) is 21.8 Å². The third-order valence-electron chi connectivity index (χ3n) is 3.98. The van der Waals surface area contributed by atoms with Gasteiger partial charge in [0.25, 0.3) is 0 Å². The first-order chi connectivity index (χ1) is 8.34. The Balaban J connectivity index is 1.65. The van der Waals surface area contributed by atoms with Gasteiger partial charge in [0.15, 0.2) is 0 Å². The Kier molecular flexibility index (Phi) is 3.16. The molecular weight excluding hydrogens is 214 g/mol. The number of imidazole rings is 1. The lowest BCUT2D eigenvalue weighted by Crippen LogP contribution is -2.22. The van der Waals surface area contributed by atoms with E-state index < -0.39 is 0 Å². The second-order valence-electron chi connectivity index (χ2n) is 5.31. The molecule has 1 saturated heterocycles.